The fourth-order valence-electron chi connectivity index (χ4n) is 8.17. The Hall–Kier alpha value is -7.17. The van der Waals surface area contributed by atoms with Crippen LogP contribution in [0.5, 0.6) is 0 Å². The fraction of sp³-hybridized carbons (Fsp3) is 0. The average Bonchev–Trinajstić information content (AvgIpc) is 3.52. The summed E-state index contributed by atoms with van der Waals surface area (Å²) < 4.78 is 2.44. The maximum absolute atomic E-state index is 4.99. The van der Waals surface area contributed by atoms with E-state index in [1.807, 2.05) is 60.7 Å². The highest BCUT2D eigenvalue weighted by atomic mass is 15.0. The summed E-state index contributed by atoms with van der Waals surface area (Å²) in [4.78, 5) is 14.9. The van der Waals surface area contributed by atoms with E-state index < -0.39 is 0 Å². The summed E-state index contributed by atoms with van der Waals surface area (Å²) in [6.45, 7) is 0. The van der Waals surface area contributed by atoms with Gasteiger partial charge in [0, 0.05) is 33.2 Å². The van der Waals surface area contributed by atoms with Crippen molar-refractivity contribution in [3.8, 4) is 73.2 Å². The fourth-order valence-corrected chi connectivity index (χ4v) is 8.17. The monoisotopic (exact) mass is 674 g/mol. The topological polar surface area (TPSA) is 43.6 Å². The molecule has 8 aromatic carbocycles. The molecule has 10 aromatic rings. The Bertz CT molecular complexity index is 2960. The molecule has 0 bridgehead atoms. The number of rotatable bonds is 5. The maximum Gasteiger partial charge on any atom is 0.164 e. The van der Waals surface area contributed by atoms with Crippen LogP contribution in [-0.2, 0) is 0 Å². The minimum atomic E-state index is 0.641. The summed E-state index contributed by atoms with van der Waals surface area (Å²) in [5.41, 5.74) is 13.7. The van der Waals surface area contributed by atoms with Crippen molar-refractivity contribution >= 4 is 32.6 Å². The van der Waals surface area contributed by atoms with Gasteiger partial charge in [0.05, 0.1) is 11.0 Å². The molecule has 1 aliphatic rings. The van der Waals surface area contributed by atoms with Gasteiger partial charge in [-0.2, -0.15) is 0 Å². The molecule has 2 aromatic heterocycles. The van der Waals surface area contributed by atoms with Crippen LogP contribution in [0, 0.1) is 0 Å². The Balaban J connectivity index is 1.16. The molecule has 0 spiro atoms. The first-order chi connectivity index (χ1) is 26.3. The van der Waals surface area contributed by atoms with Crippen LogP contribution in [0.1, 0.15) is 0 Å². The molecule has 0 unspecified atom stereocenters. The molecule has 1 aliphatic carbocycles. The van der Waals surface area contributed by atoms with Crippen LogP contribution in [0.25, 0.3) is 106 Å². The van der Waals surface area contributed by atoms with Crippen LogP contribution < -0.4 is 0 Å². The number of nitrogens with zero attached hydrogens (tertiary/aromatic N) is 4. The molecule has 0 fully saturated rings. The zero-order chi connectivity index (χ0) is 34.9. The molecule has 4 nitrogen and oxygen atoms in total. The van der Waals surface area contributed by atoms with Gasteiger partial charge in [-0.15, -0.1) is 0 Å². The van der Waals surface area contributed by atoms with Crippen LogP contribution >= 0.6 is 0 Å². The van der Waals surface area contributed by atoms with E-state index in [1.54, 1.807) is 0 Å². The molecule has 4 heteroatoms. The van der Waals surface area contributed by atoms with Gasteiger partial charge in [-0.3, -0.25) is 0 Å². The lowest BCUT2D eigenvalue weighted by molar-refractivity contribution is 1.07. The van der Waals surface area contributed by atoms with Crippen LogP contribution in [-0.4, -0.2) is 19.5 Å². The molecule has 2 heterocycles. The quantitative estimate of drug-likeness (QED) is 0.182. The lowest BCUT2D eigenvalue weighted by Crippen LogP contribution is -2.00. The van der Waals surface area contributed by atoms with Crippen LogP contribution in [0.15, 0.2) is 182 Å². The van der Waals surface area contributed by atoms with Crippen LogP contribution in [0.2, 0.25) is 0 Å². The maximum atomic E-state index is 4.99. The van der Waals surface area contributed by atoms with Crippen molar-refractivity contribution in [3.63, 3.8) is 0 Å². The van der Waals surface area contributed by atoms with Crippen LogP contribution in [0.4, 0.5) is 0 Å². The standard InChI is InChI=1S/C49H30N4/c1-4-13-31(14-5-1)36-29-41-39-21-11-10-20-38(39)40-22-12-19-32-25-28-42-46(44(32)40)45(41)43(30-36)53(42)37-26-23-35(24-27-37)49-51-47(33-15-6-2-7-16-33)50-48(52-49)34-17-8-3-9-18-34/h1-30H. The van der Waals surface area contributed by atoms with Gasteiger partial charge < -0.3 is 4.57 Å². The number of fused-ring (bicyclic) bond motifs is 3. The van der Waals surface area contributed by atoms with Gasteiger partial charge in [0.25, 0.3) is 0 Å². The lowest BCUT2D eigenvalue weighted by atomic mass is 9.92. The second-order valence-electron chi connectivity index (χ2n) is 13.6. The van der Waals surface area contributed by atoms with Gasteiger partial charge in [-0.1, -0.05) is 140 Å². The Kier molecular flexibility index (Phi) is 6.52. The molecular formula is C49H30N4. The van der Waals surface area contributed by atoms with Gasteiger partial charge >= 0.3 is 0 Å². The molecule has 0 atom stereocenters. The molecule has 0 radical (unpaired) electrons. The number of benzene rings is 8. The highest BCUT2D eigenvalue weighted by Crippen LogP contribution is 2.50. The van der Waals surface area contributed by atoms with Gasteiger partial charge in [0.1, 0.15) is 0 Å². The van der Waals surface area contributed by atoms with E-state index in [1.165, 1.54) is 66.0 Å². The van der Waals surface area contributed by atoms with Crippen molar-refractivity contribution in [1.29, 1.82) is 0 Å². The third-order valence-electron chi connectivity index (χ3n) is 10.6. The molecule has 11 rings (SSSR count). The predicted octanol–water partition coefficient (Wildman–Crippen LogP) is 12.4. The lowest BCUT2D eigenvalue weighted by Gasteiger charge is -2.15. The van der Waals surface area contributed by atoms with Crippen LogP contribution in [0.3, 0.4) is 0 Å². The van der Waals surface area contributed by atoms with Crippen molar-refractivity contribution in [3.05, 3.63) is 182 Å². The minimum Gasteiger partial charge on any atom is -0.309 e. The highest BCUT2D eigenvalue weighted by Gasteiger charge is 2.25. The van der Waals surface area contributed by atoms with Gasteiger partial charge in [0.15, 0.2) is 17.5 Å². The zero-order valence-electron chi connectivity index (χ0n) is 28.6. The number of aromatic nitrogens is 4. The Morgan fingerprint density at radius 3 is 1.45 bits per heavy atom. The second-order valence-corrected chi connectivity index (χ2v) is 13.6. The molecule has 0 N–H and O–H groups in total. The Morgan fingerprint density at radius 2 is 0.830 bits per heavy atom. The third kappa shape index (κ3) is 4.66. The molecular weight excluding hydrogens is 645 g/mol. The summed E-state index contributed by atoms with van der Waals surface area (Å²) in [6.07, 6.45) is 0. The first-order valence-corrected chi connectivity index (χ1v) is 18.0. The summed E-state index contributed by atoms with van der Waals surface area (Å²) >= 11 is 0. The predicted molar refractivity (Wildman–Crippen MR) is 218 cm³/mol. The van der Waals surface area contributed by atoms with E-state index in [0.717, 1.165) is 22.4 Å². The van der Waals surface area contributed by atoms with E-state index in [2.05, 4.69) is 126 Å². The van der Waals surface area contributed by atoms with Crippen molar-refractivity contribution < 1.29 is 0 Å². The Morgan fingerprint density at radius 1 is 0.302 bits per heavy atom. The SMILES string of the molecule is c1ccc(-c2cc3c4c5c6c(cccc6ccc5n(-c5ccc(-c6nc(-c7ccccc7)nc(-c7ccccc7)n6)cc5)c4c2)-c2ccccc2-3)cc1. The van der Waals surface area contributed by atoms with E-state index in [0.29, 0.717) is 17.5 Å². The van der Waals surface area contributed by atoms with Gasteiger partial charge in [-0.05, 0) is 86.6 Å². The molecule has 53 heavy (non-hydrogen) atoms. The Labute approximate surface area is 306 Å². The normalized spacial score (nSPS) is 11.8. The molecule has 246 valence electrons. The van der Waals surface area contributed by atoms with Gasteiger partial charge in [0.2, 0.25) is 0 Å². The first-order valence-electron chi connectivity index (χ1n) is 18.0. The summed E-state index contributed by atoms with van der Waals surface area (Å²) in [5.74, 6) is 1.94. The van der Waals surface area contributed by atoms with E-state index >= 15 is 0 Å². The van der Waals surface area contributed by atoms with Crippen molar-refractivity contribution in [2.75, 3.05) is 0 Å². The highest BCUT2D eigenvalue weighted by molar-refractivity contribution is 6.30. The average molecular weight is 675 g/mol. The number of hydrogen-bond donors (Lipinski definition) is 0. The molecule has 0 saturated heterocycles. The molecule has 0 saturated carbocycles. The summed E-state index contributed by atoms with van der Waals surface area (Å²) in [6, 6.07) is 64.6. The first kappa shape index (κ1) is 29.5. The molecule has 0 aliphatic heterocycles. The third-order valence-corrected chi connectivity index (χ3v) is 10.6. The van der Waals surface area contributed by atoms with E-state index in [4.69, 9.17) is 15.0 Å². The van der Waals surface area contributed by atoms with Crippen molar-refractivity contribution in [1.82, 2.24) is 19.5 Å². The number of hydrogen-bond acceptors (Lipinski definition) is 3. The minimum absolute atomic E-state index is 0.641. The van der Waals surface area contributed by atoms with Crippen molar-refractivity contribution in [2.24, 2.45) is 0 Å². The summed E-state index contributed by atoms with van der Waals surface area (Å²) in [7, 11) is 0. The summed E-state index contributed by atoms with van der Waals surface area (Å²) in [5, 5.41) is 5.12. The van der Waals surface area contributed by atoms with E-state index in [-0.39, 0.29) is 0 Å². The van der Waals surface area contributed by atoms with Crippen molar-refractivity contribution in [2.45, 2.75) is 0 Å². The second kappa shape index (κ2) is 11.7. The van der Waals surface area contributed by atoms with E-state index in [9.17, 15) is 0 Å². The largest absolute Gasteiger partial charge is 0.309 e. The molecule has 0 amide bonds. The smallest absolute Gasteiger partial charge is 0.164 e. The van der Waals surface area contributed by atoms with Gasteiger partial charge in [-0.25, -0.2) is 15.0 Å². The zero-order valence-corrected chi connectivity index (χ0v) is 28.6.